The Kier molecular flexibility index (Phi) is 6.20. The minimum Gasteiger partial charge on any atom is -0.368 e. The van der Waals surface area contributed by atoms with Crippen molar-refractivity contribution < 1.29 is 4.79 Å². The molecule has 2 aromatic heterocycles. The summed E-state index contributed by atoms with van der Waals surface area (Å²) in [5.41, 5.74) is 3.53. The molecule has 4 aromatic rings. The molecule has 2 aromatic carbocycles. The second kappa shape index (κ2) is 9.41. The molecule has 2 amide bonds. The summed E-state index contributed by atoms with van der Waals surface area (Å²) in [5, 5.41) is 14.3. The number of halogens is 2. The number of hydrogen-bond donors (Lipinski definition) is 3. The molecule has 1 fully saturated rings. The molecule has 33 heavy (non-hydrogen) atoms. The van der Waals surface area contributed by atoms with Crippen molar-refractivity contribution in [1.29, 1.82) is 0 Å². The molecule has 2 atom stereocenters. The van der Waals surface area contributed by atoms with Crippen molar-refractivity contribution in [3.8, 4) is 11.3 Å². The van der Waals surface area contributed by atoms with E-state index < -0.39 is 0 Å². The van der Waals surface area contributed by atoms with E-state index in [1.54, 1.807) is 10.7 Å². The Hall–Kier alpha value is -3.10. The first-order chi connectivity index (χ1) is 16.1. The van der Waals surface area contributed by atoms with Gasteiger partial charge in [-0.15, -0.1) is 0 Å². The molecule has 168 valence electrons. The Morgan fingerprint density at radius 3 is 2.73 bits per heavy atom. The van der Waals surface area contributed by atoms with E-state index in [9.17, 15) is 4.79 Å². The highest BCUT2D eigenvalue weighted by Crippen LogP contribution is 2.40. The fourth-order valence-electron chi connectivity index (χ4n) is 3.88. The highest BCUT2D eigenvalue weighted by Gasteiger charge is 2.39. The van der Waals surface area contributed by atoms with Gasteiger partial charge in [0.25, 0.3) is 0 Å². The van der Waals surface area contributed by atoms with Crippen LogP contribution in [0.4, 0.5) is 10.6 Å². The van der Waals surface area contributed by atoms with Gasteiger partial charge in [-0.25, -0.2) is 9.78 Å². The summed E-state index contributed by atoms with van der Waals surface area (Å²) in [6, 6.07) is 19.8. The van der Waals surface area contributed by atoms with Crippen LogP contribution in [0.15, 0.2) is 71.3 Å². The molecule has 1 saturated carbocycles. The van der Waals surface area contributed by atoms with E-state index in [-0.39, 0.29) is 12.1 Å². The first kappa shape index (κ1) is 21.7. The molecule has 2 unspecified atom stereocenters. The highest BCUT2D eigenvalue weighted by atomic mass is 79.9. The van der Waals surface area contributed by atoms with Crippen LogP contribution in [-0.2, 0) is 0 Å². The first-order valence-corrected chi connectivity index (χ1v) is 11.9. The first-order valence-electron chi connectivity index (χ1n) is 10.7. The Bertz CT molecular complexity index is 1290. The van der Waals surface area contributed by atoms with Gasteiger partial charge in [0.2, 0.25) is 0 Å². The standard InChI is InChI=1S/C24H22BrClN6O/c25-18-14-29-32-22(13-21(30-23(18)32)16-8-4-5-9-19(16)26)27-10-11-28-24(33)31-20-12-17(20)15-6-2-1-3-7-15/h1-9,13-14,17,20,27H,10-12H2,(H2,28,31,33). The lowest BCUT2D eigenvalue weighted by Crippen LogP contribution is -2.39. The van der Waals surface area contributed by atoms with Gasteiger partial charge in [0.1, 0.15) is 5.82 Å². The van der Waals surface area contributed by atoms with Gasteiger partial charge in [0.15, 0.2) is 5.65 Å². The minimum atomic E-state index is -0.154. The summed E-state index contributed by atoms with van der Waals surface area (Å²) in [6.45, 7) is 0.987. The van der Waals surface area contributed by atoms with E-state index in [4.69, 9.17) is 16.6 Å². The van der Waals surface area contributed by atoms with Crippen molar-refractivity contribution in [3.63, 3.8) is 0 Å². The number of carbonyl (C=O) groups excluding carboxylic acids is 1. The summed E-state index contributed by atoms with van der Waals surface area (Å²) in [7, 11) is 0. The van der Waals surface area contributed by atoms with Gasteiger partial charge in [-0.1, -0.05) is 60.1 Å². The highest BCUT2D eigenvalue weighted by molar-refractivity contribution is 9.10. The molecule has 5 rings (SSSR count). The molecule has 1 aliphatic carbocycles. The third-order valence-electron chi connectivity index (χ3n) is 5.63. The largest absolute Gasteiger partial charge is 0.368 e. The molecule has 0 radical (unpaired) electrons. The fraction of sp³-hybridized carbons (Fsp3) is 0.208. The lowest BCUT2D eigenvalue weighted by atomic mass is 10.1. The number of carbonyl (C=O) groups is 1. The Morgan fingerprint density at radius 2 is 1.91 bits per heavy atom. The average molecular weight is 526 g/mol. The zero-order chi connectivity index (χ0) is 22.8. The van der Waals surface area contributed by atoms with Crippen LogP contribution < -0.4 is 16.0 Å². The van der Waals surface area contributed by atoms with Crippen LogP contribution in [0.1, 0.15) is 17.9 Å². The third kappa shape index (κ3) is 4.82. The number of fused-ring (bicyclic) bond motifs is 1. The average Bonchev–Trinajstić information content (AvgIpc) is 3.50. The van der Waals surface area contributed by atoms with Gasteiger partial charge in [-0.3, -0.25) is 0 Å². The van der Waals surface area contributed by atoms with Gasteiger partial charge in [-0.05, 0) is 34.0 Å². The normalized spacial score (nSPS) is 17.0. The number of urea groups is 1. The quantitative estimate of drug-likeness (QED) is 0.294. The molecule has 0 bridgehead atoms. The number of hydrogen-bond acceptors (Lipinski definition) is 4. The number of aromatic nitrogens is 3. The van der Waals surface area contributed by atoms with Gasteiger partial charge in [0, 0.05) is 41.7 Å². The predicted molar refractivity (Wildman–Crippen MR) is 134 cm³/mol. The van der Waals surface area contributed by atoms with Crippen molar-refractivity contribution in [2.24, 2.45) is 0 Å². The van der Waals surface area contributed by atoms with Crippen molar-refractivity contribution in [1.82, 2.24) is 25.2 Å². The monoisotopic (exact) mass is 524 g/mol. The Balaban J connectivity index is 1.19. The van der Waals surface area contributed by atoms with Gasteiger partial charge in [0.05, 0.1) is 16.4 Å². The molecular formula is C24H22BrClN6O. The zero-order valence-corrected chi connectivity index (χ0v) is 20.0. The number of nitrogens with zero attached hydrogens (tertiary/aromatic N) is 3. The smallest absolute Gasteiger partial charge is 0.315 e. The molecule has 1 aliphatic rings. The van der Waals surface area contributed by atoms with Crippen LogP contribution in [0.25, 0.3) is 16.9 Å². The lowest BCUT2D eigenvalue weighted by molar-refractivity contribution is 0.240. The van der Waals surface area contributed by atoms with Crippen LogP contribution in [0.2, 0.25) is 5.02 Å². The number of rotatable bonds is 7. The number of nitrogens with one attached hydrogen (secondary N) is 3. The van der Waals surface area contributed by atoms with Crippen LogP contribution in [0, 0.1) is 0 Å². The molecule has 0 spiro atoms. The second-order valence-corrected chi connectivity index (χ2v) is 9.18. The maximum Gasteiger partial charge on any atom is 0.315 e. The van der Waals surface area contributed by atoms with E-state index in [1.807, 2.05) is 48.5 Å². The summed E-state index contributed by atoms with van der Waals surface area (Å²) in [6.07, 6.45) is 2.68. The lowest BCUT2D eigenvalue weighted by Gasteiger charge is -2.12. The Morgan fingerprint density at radius 1 is 1.12 bits per heavy atom. The maximum absolute atomic E-state index is 12.3. The van der Waals surface area contributed by atoms with Crippen molar-refractivity contribution in [2.45, 2.75) is 18.4 Å². The van der Waals surface area contributed by atoms with Crippen LogP contribution in [-0.4, -0.2) is 39.8 Å². The maximum atomic E-state index is 12.3. The molecule has 2 heterocycles. The van der Waals surface area contributed by atoms with Crippen LogP contribution in [0.3, 0.4) is 0 Å². The van der Waals surface area contributed by atoms with E-state index in [1.165, 1.54) is 5.56 Å². The molecule has 7 nitrogen and oxygen atoms in total. The van der Waals surface area contributed by atoms with Gasteiger partial charge in [-0.2, -0.15) is 9.61 Å². The summed E-state index contributed by atoms with van der Waals surface area (Å²) < 4.78 is 2.51. The molecule has 0 saturated heterocycles. The minimum absolute atomic E-state index is 0.154. The summed E-state index contributed by atoms with van der Waals surface area (Å²) in [4.78, 5) is 17.0. The van der Waals surface area contributed by atoms with Crippen LogP contribution >= 0.6 is 27.5 Å². The number of benzene rings is 2. The fourth-order valence-corrected chi connectivity index (χ4v) is 4.46. The van der Waals surface area contributed by atoms with Crippen molar-refractivity contribution >= 4 is 45.0 Å². The van der Waals surface area contributed by atoms with Gasteiger partial charge >= 0.3 is 6.03 Å². The summed E-state index contributed by atoms with van der Waals surface area (Å²) >= 11 is 9.89. The predicted octanol–water partition coefficient (Wildman–Crippen LogP) is 5.08. The van der Waals surface area contributed by atoms with Crippen LogP contribution in [0.5, 0.6) is 0 Å². The molecule has 3 N–H and O–H groups in total. The second-order valence-electron chi connectivity index (χ2n) is 7.92. The third-order valence-corrected chi connectivity index (χ3v) is 6.52. The molecule has 9 heteroatoms. The number of anilines is 1. The van der Waals surface area contributed by atoms with Crippen molar-refractivity contribution in [3.05, 3.63) is 81.9 Å². The van der Waals surface area contributed by atoms with Gasteiger partial charge < -0.3 is 16.0 Å². The molecular weight excluding hydrogens is 504 g/mol. The zero-order valence-electron chi connectivity index (χ0n) is 17.6. The SMILES string of the molecule is O=C(NCCNc1cc(-c2ccccc2Cl)nc2c(Br)cnn12)NC1CC1c1ccccc1. The number of amides is 2. The topological polar surface area (TPSA) is 83.3 Å². The summed E-state index contributed by atoms with van der Waals surface area (Å²) in [5.74, 6) is 1.16. The van der Waals surface area contributed by atoms with E-state index in [2.05, 4.69) is 49.1 Å². The van der Waals surface area contributed by atoms with Crippen molar-refractivity contribution in [2.75, 3.05) is 18.4 Å². The molecule has 0 aliphatic heterocycles. The Labute approximate surface area is 204 Å². The van der Waals surface area contributed by atoms with E-state index in [0.29, 0.717) is 29.7 Å². The van der Waals surface area contributed by atoms with E-state index >= 15 is 0 Å². The van der Waals surface area contributed by atoms with E-state index in [0.717, 1.165) is 28.0 Å².